The third-order valence-corrected chi connectivity index (χ3v) is 11.5. The Labute approximate surface area is 419 Å². The number of ether oxygens (including phenoxy) is 3. The molecule has 0 spiro atoms. The molecule has 0 rings (SSSR count). The average molecular weight is 943 g/mol. The van der Waals surface area contributed by atoms with Crippen molar-refractivity contribution in [3.63, 3.8) is 0 Å². The highest BCUT2D eigenvalue weighted by Gasteiger charge is 2.19. The Balaban J connectivity index is 4.17. The molecule has 0 radical (unpaired) electrons. The van der Waals surface area contributed by atoms with Crippen molar-refractivity contribution in [2.75, 3.05) is 13.2 Å². The van der Waals surface area contributed by atoms with Gasteiger partial charge in [0, 0.05) is 19.3 Å². The zero-order valence-electron chi connectivity index (χ0n) is 44.1. The molecule has 6 nitrogen and oxygen atoms in total. The summed E-state index contributed by atoms with van der Waals surface area (Å²) >= 11 is 0. The molecule has 0 aliphatic carbocycles. The maximum Gasteiger partial charge on any atom is 0.306 e. The van der Waals surface area contributed by atoms with Gasteiger partial charge in [-0.1, -0.05) is 246 Å². The first-order valence-corrected chi connectivity index (χ1v) is 27.9. The van der Waals surface area contributed by atoms with Crippen molar-refractivity contribution < 1.29 is 28.6 Å². The summed E-state index contributed by atoms with van der Waals surface area (Å²) < 4.78 is 16.7. The molecular formula is C62H102O6. The molecular weight excluding hydrogens is 841 g/mol. The molecule has 0 fully saturated rings. The fourth-order valence-electron chi connectivity index (χ4n) is 7.42. The number of esters is 3. The summed E-state index contributed by atoms with van der Waals surface area (Å²) in [5, 5.41) is 0. The maximum atomic E-state index is 12.7. The van der Waals surface area contributed by atoms with Gasteiger partial charge in [-0.2, -0.15) is 0 Å². The second-order valence-corrected chi connectivity index (χ2v) is 18.1. The Morgan fingerprint density at radius 3 is 0.956 bits per heavy atom. The van der Waals surface area contributed by atoms with Gasteiger partial charge in [-0.3, -0.25) is 14.4 Å². The lowest BCUT2D eigenvalue weighted by atomic mass is 10.0. The van der Waals surface area contributed by atoms with E-state index >= 15 is 0 Å². The Morgan fingerprint density at radius 2 is 0.603 bits per heavy atom. The molecule has 0 aromatic carbocycles. The van der Waals surface area contributed by atoms with E-state index in [1.807, 2.05) is 12.2 Å². The third kappa shape index (κ3) is 53.0. The van der Waals surface area contributed by atoms with Crippen LogP contribution in [0.15, 0.2) is 109 Å². The van der Waals surface area contributed by atoms with Gasteiger partial charge in [0.05, 0.1) is 0 Å². The molecule has 0 bridgehead atoms. The SMILES string of the molecule is CC/C=C\C/C=C\C/C=C\C/C=C\C/C=C\CCCCCCCCCCCCCCCC(=O)OCC(COC(=O)CCCCCCCCCC)OC(=O)CC/C=C\C/C=C\C/C=C\C/C=C\CC. The van der Waals surface area contributed by atoms with E-state index in [1.165, 1.54) is 103 Å². The zero-order valence-corrected chi connectivity index (χ0v) is 44.1. The van der Waals surface area contributed by atoms with E-state index in [0.717, 1.165) is 96.3 Å². The summed E-state index contributed by atoms with van der Waals surface area (Å²) in [5.41, 5.74) is 0. The van der Waals surface area contributed by atoms with Crippen molar-refractivity contribution in [1.29, 1.82) is 0 Å². The van der Waals surface area contributed by atoms with Crippen LogP contribution in [0.2, 0.25) is 0 Å². The summed E-state index contributed by atoms with van der Waals surface area (Å²) in [7, 11) is 0. The van der Waals surface area contributed by atoms with Gasteiger partial charge >= 0.3 is 17.9 Å². The molecule has 1 unspecified atom stereocenters. The fourth-order valence-corrected chi connectivity index (χ4v) is 7.42. The first kappa shape index (κ1) is 64.1. The van der Waals surface area contributed by atoms with Crippen LogP contribution in [0, 0.1) is 0 Å². The monoisotopic (exact) mass is 943 g/mol. The minimum atomic E-state index is -0.813. The highest BCUT2D eigenvalue weighted by Crippen LogP contribution is 2.15. The highest BCUT2D eigenvalue weighted by molar-refractivity contribution is 5.71. The van der Waals surface area contributed by atoms with E-state index in [4.69, 9.17) is 14.2 Å². The van der Waals surface area contributed by atoms with E-state index in [2.05, 4.69) is 118 Å². The summed E-state index contributed by atoms with van der Waals surface area (Å²) in [4.78, 5) is 37.8. The minimum Gasteiger partial charge on any atom is -0.462 e. The molecule has 0 heterocycles. The van der Waals surface area contributed by atoms with Crippen molar-refractivity contribution in [3.8, 4) is 0 Å². The lowest BCUT2D eigenvalue weighted by Gasteiger charge is -2.18. The highest BCUT2D eigenvalue weighted by atomic mass is 16.6. The maximum absolute atomic E-state index is 12.7. The number of allylic oxidation sites excluding steroid dienone is 18. The lowest BCUT2D eigenvalue weighted by Crippen LogP contribution is -2.30. The molecule has 68 heavy (non-hydrogen) atoms. The summed E-state index contributed by atoms with van der Waals surface area (Å²) in [6, 6.07) is 0. The van der Waals surface area contributed by atoms with Gasteiger partial charge in [0.25, 0.3) is 0 Å². The molecule has 1 atom stereocenters. The zero-order chi connectivity index (χ0) is 49.3. The molecule has 0 aliphatic heterocycles. The molecule has 0 aliphatic rings. The predicted octanol–water partition coefficient (Wildman–Crippen LogP) is 18.7. The normalized spacial score (nSPS) is 12.9. The number of unbranched alkanes of at least 4 members (excludes halogenated alkanes) is 20. The van der Waals surface area contributed by atoms with Gasteiger partial charge < -0.3 is 14.2 Å². The van der Waals surface area contributed by atoms with Crippen LogP contribution in [0.3, 0.4) is 0 Å². The second-order valence-electron chi connectivity index (χ2n) is 18.1. The van der Waals surface area contributed by atoms with Gasteiger partial charge in [-0.05, 0) is 89.9 Å². The van der Waals surface area contributed by atoms with E-state index in [0.29, 0.717) is 19.3 Å². The molecule has 0 aromatic rings. The Morgan fingerprint density at radius 1 is 0.309 bits per heavy atom. The number of carbonyl (C=O) groups excluding carboxylic acids is 3. The summed E-state index contributed by atoms with van der Waals surface area (Å²) in [5.74, 6) is -0.996. The largest absolute Gasteiger partial charge is 0.462 e. The van der Waals surface area contributed by atoms with E-state index < -0.39 is 12.1 Å². The van der Waals surface area contributed by atoms with Crippen LogP contribution >= 0.6 is 0 Å². The van der Waals surface area contributed by atoms with Crippen LogP contribution < -0.4 is 0 Å². The fraction of sp³-hybridized carbons (Fsp3) is 0.661. The van der Waals surface area contributed by atoms with Gasteiger partial charge in [0.15, 0.2) is 6.10 Å². The minimum absolute atomic E-state index is 0.106. The first-order valence-electron chi connectivity index (χ1n) is 27.9. The van der Waals surface area contributed by atoms with Gasteiger partial charge in [0.1, 0.15) is 13.2 Å². The number of hydrogen-bond acceptors (Lipinski definition) is 6. The van der Waals surface area contributed by atoms with Crippen molar-refractivity contribution in [1.82, 2.24) is 0 Å². The third-order valence-electron chi connectivity index (χ3n) is 11.5. The molecule has 386 valence electrons. The van der Waals surface area contributed by atoms with Gasteiger partial charge in [-0.25, -0.2) is 0 Å². The first-order chi connectivity index (χ1) is 33.5. The van der Waals surface area contributed by atoms with Crippen LogP contribution in [0.1, 0.15) is 245 Å². The molecule has 0 N–H and O–H groups in total. The van der Waals surface area contributed by atoms with Crippen LogP contribution in [0.25, 0.3) is 0 Å². The average Bonchev–Trinajstić information content (AvgIpc) is 3.34. The summed E-state index contributed by atoms with van der Waals surface area (Å²) in [6.45, 7) is 6.31. The summed E-state index contributed by atoms with van der Waals surface area (Å²) in [6.07, 6.45) is 75.5. The molecule has 0 aromatic heterocycles. The van der Waals surface area contributed by atoms with Crippen molar-refractivity contribution in [2.45, 2.75) is 252 Å². The quantitative estimate of drug-likeness (QED) is 0.0262. The molecule has 0 amide bonds. The molecule has 0 saturated heterocycles. The van der Waals surface area contributed by atoms with E-state index in [9.17, 15) is 14.4 Å². The Bertz CT molecular complexity index is 1410. The topological polar surface area (TPSA) is 78.9 Å². The van der Waals surface area contributed by atoms with Gasteiger partial charge in [-0.15, -0.1) is 0 Å². The molecule has 0 saturated carbocycles. The van der Waals surface area contributed by atoms with Crippen molar-refractivity contribution in [2.24, 2.45) is 0 Å². The van der Waals surface area contributed by atoms with Crippen LogP contribution in [-0.2, 0) is 28.6 Å². The number of hydrogen-bond donors (Lipinski definition) is 0. The number of rotatable bonds is 49. The Kier molecular flexibility index (Phi) is 52.4. The van der Waals surface area contributed by atoms with Crippen LogP contribution in [0.5, 0.6) is 0 Å². The van der Waals surface area contributed by atoms with Gasteiger partial charge in [0.2, 0.25) is 0 Å². The van der Waals surface area contributed by atoms with E-state index in [1.54, 1.807) is 0 Å². The predicted molar refractivity (Wildman–Crippen MR) is 293 cm³/mol. The van der Waals surface area contributed by atoms with Crippen LogP contribution in [-0.4, -0.2) is 37.2 Å². The van der Waals surface area contributed by atoms with Crippen molar-refractivity contribution in [3.05, 3.63) is 109 Å². The number of carbonyl (C=O) groups is 3. The van der Waals surface area contributed by atoms with Crippen LogP contribution in [0.4, 0.5) is 0 Å². The Hall–Kier alpha value is -3.93. The second kappa shape index (κ2) is 55.7. The standard InChI is InChI=1S/C62H102O6/c1-4-7-10-13-16-19-21-23-24-25-26-27-28-29-30-31-32-33-34-35-36-37-38-40-41-43-46-49-52-55-61(64)67-58-59(57-66-60(63)54-51-48-45-18-15-12-9-6-3)68-62(65)56-53-50-47-44-42-39-22-20-17-14-11-8-5-2/h7-8,10-11,16-17,19-20,23-24,26-27,29-30,39,42,47,50,59H,4-6,9,12-15,18,21-22,25,28,31-38,40-41,43-46,48-49,51-58H2,1-3H3/b10-7-,11-8-,19-16-,20-17-,24-23-,27-26-,30-29-,42-39-,50-47-. The molecule has 6 heteroatoms. The lowest BCUT2D eigenvalue weighted by molar-refractivity contribution is -0.166. The smallest absolute Gasteiger partial charge is 0.306 e. The van der Waals surface area contributed by atoms with Crippen molar-refractivity contribution >= 4 is 17.9 Å². The van der Waals surface area contributed by atoms with E-state index in [-0.39, 0.29) is 31.6 Å².